The summed E-state index contributed by atoms with van der Waals surface area (Å²) in [5.41, 5.74) is 1.18. The highest BCUT2D eigenvalue weighted by atomic mass is 32.1. The van der Waals surface area contributed by atoms with Crippen LogP contribution in [-0.2, 0) is 13.0 Å². The van der Waals surface area contributed by atoms with E-state index in [9.17, 15) is 0 Å². The summed E-state index contributed by atoms with van der Waals surface area (Å²) in [5, 5.41) is 12.0. The van der Waals surface area contributed by atoms with E-state index in [1.165, 1.54) is 10.4 Å². The molecule has 120 valence electrons. The molecule has 0 spiro atoms. The summed E-state index contributed by atoms with van der Waals surface area (Å²) < 4.78 is 1.93. The van der Waals surface area contributed by atoms with Crippen LogP contribution in [0.5, 0.6) is 0 Å². The van der Waals surface area contributed by atoms with Crippen molar-refractivity contribution >= 4 is 17.3 Å². The Balaban J connectivity index is 1.76. The summed E-state index contributed by atoms with van der Waals surface area (Å²) in [6.07, 6.45) is 6.71. The third-order valence-corrected chi connectivity index (χ3v) is 3.98. The van der Waals surface area contributed by atoms with E-state index in [1.54, 1.807) is 11.3 Å². The number of rotatable bonds is 7. The zero-order chi connectivity index (χ0) is 15.8. The molecular formula is C15H24N6S. The summed E-state index contributed by atoms with van der Waals surface area (Å²) in [6, 6.07) is 0. The van der Waals surface area contributed by atoms with Gasteiger partial charge in [-0.15, -0.1) is 11.3 Å². The number of nitrogens with one attached hydrogen (secondary N) is 2. The van der Waals surface area contributed by atoms with E-state index in [0.717, 1.165) is 43.6 Å². The second kappa shape index (κ2) is 8.53. The maximum absolute atomic E-state index is 4.59. The summed E-state index contributed by atoms with van der Waals surface area (Å²) >= 11 is 1.74. The first kappa shape index (κ1) is 16.5. The standard InChI is InChI=1S/C15H24N6S/c1-4-16-15(17-6-5-14-19-10-13(3)22-14)18-7-8-21-11-12(2)9-20-21/h9-11H,4-8H2,1-3H3,(H2,16,17,18). The molecule has 6 nitrogen and oxygen atoms in total. The Morgan fingerprint density at radius 3 is 2.82 bits per heavy atom. The van der Waals surface area contributed by atoms with Gasteiger partial charge in [-0.3, -0.25) is 9.67 Å². The molecule has 0 radical (unpaired) electrons. The van der Waals surface area contributed by atoms with Crippen molar-refractivity contribution in [2.75, 3.05) is 19.6 Å². The molecule has 0 bridgehead atoms. The number of aliphatic imine (C=N–C) groups is 1. The molecule has 0 aliphatic heterocycles. The molecule has 0 amide bonds. The van der Waals surface area contributed by atoms with Crippen LogP contribution in [0.2, 0.25) is 0 Å². The lowest BCUT2D eigenvalue weighted by Crippen LogP contribution is -2.39. The molecule has 2 rings (SSSR count). The van der Waals surface area contributed by atoms with Gasteiger partial charge in [-0.25, -0.2) is 4.98 Å². The molecule has 2 aromatic heterocycles. The summed E-state index contributed by atoms with van der Waals surface area (Å²) in [6.45, 7) is 9.40. The molecule has 2 heterocycles. The highest BCUT2D eigenvalue weighted by Crippen LogP contribution is 2.11. The molecule has 7 heteroatoms. The number of hydrogen-bond donors (Lipinski definition) is 2. The first-order chi connectivity index (χ1) is 10.7. The van der Waals surface area contributed by atoms with E-state index in [4.69, 9.17) is 0 Å². The van der Waals surface area contributed by atoms with Crippen molar-refractivity contribution in [3.63, 3.8) is 0 Å². The highest BCUT2D eigenvalue weighted by molar-refractivity contribution is 7.11. The van der Waals surface area contributed by atoms with Gasteiger partial charge in [0.05, 0.1) is 17.7 Å². The topological polar surface area (TPSA) is 67.1 Å². The van der Waals surface area contributed by atoms with Crippen molar-refractivity contribution in [3.05, 3.63) is 34.0 Å². The lowest BCUT2D eigenvalue weighted by atomic mass is 10.4. The largest absolute Gasteiger partial charge is 0.357 e. The van der Waals surface area contributed by atoms with Gasteiger partial charge in [0.15, 0.2) is 5.96 Å². The van der Waals surface area contributed by atoms with Gasteiger partial charge >= 0.3 is 0 Å². The first-order valence-corrected chi connectivity index (χ1v) is 8.41. The molecule has 0 aliphatic rings. The van der Waals surface area contributed by atoms with Crippen molar-refractivity contribution < 1.29 is 0 Å². The lowest BCUT2D eigenvalue weighted by molar-refractivity contribution is 0.597. The minimum absolute atomic E-state index is 0.739. The molecule has 2 aromatic rings. The zero-order valence-electron chi connectivity index (χ0n) is 13.5. The summed E-state index contributed by atoms with van der Waals surface area (Å²) in [5.74, 6) is 0.847. The van der Waals surface area contributed by atoms with E-state index >= 15 is 0 Å². The number of nitrogens with zero attached hydrogens (tertiary/aromatic N) is 4. The molecule has 0 unspecified atom stereocenters. The van der Waals surface area contributed by atoms with Crippen LogP contribution in [0.25, 0.3) is 0 Å². The van der Waals surface area contributed by atoms with Gasteiger partial charge in [0.1, 0.15) is 0 Å². The van der Waals surface area contributed by atoms with E-state index < -0.39 is 0 Å². The molecule has 22 heavy (non-hydrogen) atoms. The highest BCUT2D eigenvalue weighted by Gasteiger charge is 2.00. The molecular weight excluding hydrogens is 296 g/mol. The monoisotopic (exact) mass is 320 g/mol. The Morgan fingerprint density at radius 2 is 2.18 bits per heavy atom. The first-order valence-electron chi connectivity index (χ1n) is 7.60. The van der Waals surface area contributed by atoms with Gasteiger partial charge in [-0.05, 0) is 26.3 Å². The van der Waals surface area contributed by atoms with Crippen molar-refractivity contribution in [1.29, 1.82) is 0 Å². The number of guanidine groups is 1. The van der Waals surface area contributed by atoms with Crippen LogP contribution in [0.4, 0.5) is 0 Å². The van der Waals surface area contributed by atoms with Gasteiger partial charge in [-0.2, -0.15) is 5.10 Å². The van der Waals surface area contributed by atoms with Gasteiger partial charge < -0.3 is 10.6 Å². The van der Waals surface area contributed by atoms with Gasteiger partial charge in [0.2, 0.25) is 0 Å². The molecule has 0 aliphatic carbocycles. The Labute approximate surface area is 135 Å². The van der Waals surface area contributed by atoms with E-state index in [-0.39, 0.29) is 0 Å². The van der Waals surface area contributed by atoms with E-state index in [2.05, 4.69) is 39.6 Å². The fourth-order valence-electron chi connectivity index (χ4n) is 2.00. The fraction of sp³-hybridized carbons (Fsp3) is 0.533. The van der Waals surface area contributed by atoms with Gasteiger partial charge in [-0.1, -0.05) is 0 Å². The number of thiazole rings is 1. The minimum Gasteiger partial charge on any atom is -0.357 e. The van der Waals surface area contributed by atoms with Crippen LogP contribution >= 0.6 is 11.3 Å². The van der Waals surface area contributed by atoms with Crippen LogP contribution in [-0.4, -0.2) is 40.4 Å². The summed E-state index contributed by atoms with van der Waals surface area (Å²) in [7, 11) is 0. The Morgan fingerprint density at radius 1 is 1.32 bits per heavy atom. The quantitative estimate of drug-likeness (QED) is 0.602. The van der Waals surface area contributed by atoms with Crippen LogP contribution in [0.15, 0.2) is 23.6 Å². The van der Waals surface area contributed by atoms with Crippen LogP contribution in [0, 0.1) is 13.8 Å². The predicted octanol–water partition coefficient (Wildman–Crippen LogP) is 1.75. The SMILES string of the molecule is CCNC(=NCCc1ncc(C)s1)NCCn1cc(C)cn1. The number of hydrogen-bond acceptors (Lipinski definition) is 4. The molecule has 2 N–H and O–H groups in total. The van der Waals surface area contributed by atoms with Crippen LogP contribution in [0.3, 0.4) is 0 Å². The van der Waals surface area contributed by atoms with Crippen molar-refractivity contribution in [2.24, 2.45) is 4.99 Å². The van der Waals surface area contributed by atoms with E-state index in [0.29, 0.717) is 0 Å². The second-order valence-electron chi connectivity index (χ2n) is 5.08. The maximum Gasteiger partial charge on any atom is 0.191 e. The molecule has 0 fully saturated rings. The van der Waals surface area contributed by atoms with Crippen molar-refractivity contribution in [3.8, 4) is 0 Å². The second-order valence-corrected chi connectivity index (χ2v) is 6.40. The van der Waals surface area contributed by atoms with E-state index in [1.807, 2.05) is 30.2 Å². The smallest absolute Gasteiger partial charge is 0.191 e. The number of aryl methyl sites for hydroxylation is 2. The average Bonchev–Trinajstić information content (AvgIpc) is 3.08. The summed E-state index contributed by atoms with van der Waals surface area (Å²) in [4.78, 5) is 10.2. The Bertz CT molecular complexity index is 601. The third kappa shape index (κ3) is 5.48. The Kier molecular flexibility index (Phi) is 6.39. The van der Waals surface area contributed by atoms with Gasteiger partial charge in [0.25, 0.3) is 0 Å². The van der Waals surface area contributed by atoms with Gasteiger partial charge in [0, 0.05) is 43.3 Å². The maximum atomic E-state index is 4.59. The minimum atomic E-state index is 0.739. The number of aromatic nitrogens is 3. The molecule has 0 saturated carbocycles. The van der Waals surface area contributed by atoms with Crippen molar-refractivity contribution in [1.82, 2.24) is 25.4 Å². The van der Waals surface area contributed by atoms with Crippen LogP contribution in [0.1, 0.15) is 22.4 Å². The average molecular weight is 320 g/mol. The lowest BCUT2D eigenvalue weighted by Gasteiger charge is -2.11. The van der Waals surface area contributed by atoms with Crippen molar-refractivity contribution in [2.45, 2.75) is 33.7 Å². The zero-order valence-corrected chi connectivity index (χ0v) is 14.3. The fourth-order valence-corrected chi connectivity index (χ4v) is 2.78. The third-order valence-electron chi connectivity index (χ3n) is 3.00. The molecule has 0 saturated heterocycles. The molecule has 0 aromatic carbocycles. The predicted molar refractivity (Wildman–Crippen MR) is 91.5 cm³/mol. The normalized spacial score (nSPS) is 11.7. The Hall–Kier alpha value is -1.89. The molecule has 0 atom stereocenters. The van der Waals surface area contributed by atoms with Crippen LogP contribution < -0.4 is 10.6 Å².